The summed E-state index contributed by atoms with van der Waals surface area (Å²) in [6.07, 6.45) is 7.21. The number of carbonyl (C=O) groups excluding carboxylic acids is 1. The van der Waals surface area contributed by atoms with Crippen LogP contribution < -0.4 is 5.32 Å². The number of nitrogens with one attached hydrogen (secondary N) is 2. The topological polar surface area (TPSA) is 64.3 Å². The molecule has 2 N–H and O–H groups in total. The first kappa shape index (κ1) is 22.6. The Morgan fingerprint density at radius 3 is 2.55 bits per heavy atom. The zero-order valence-electron chi connectivity index (χ0n) is 17.3. The van der Waals surface area contributed by atoms with Gasteiger partial charge in [0.2, 0.25) is 5.91 Å². The van der Waals surface area contributed by atoms with Crippen molar-refractivity contribution >= 4 is 30.7 Å². The summed E-state index contributed by atoms with van der Waals surface area (Å²) >= 11 is 0. The molecule has 162 valence electrons. The second kappa shape index (κ2) is 8.58. The number of amides is 1. The Morgan fingerprint density at radius 2 is 1.90 bits per heavy atom. The zero-order valence-corrected chi connectivity index (χ0v) is 19.0. The van der Waals surface area contributed by atoms with Gasteiger partial charge in [-0.1, -0.05) is 11.6 Å². The minimum Gasteiger partial charge on any atom is -0.348 e. The molecule has 8 heteroatoms. The number of allylic oxidation sites excluding steroid dienone is 1. The molecular formula is C21H33Cl2N5O. The molecule has 29 heavy (non-hydrogen) atoms. The van der Waals surface area contributed by atoms with Gasteiger partial charge in [-0.15, -0.1) is 24.8 Å². The average Bonchev–Trinajstić information content (AvgIpc) is 3.05. The van der Waals surface area contributed by atoms with Gasteiger partial charge in [0.25, 0.3) is 0 Å². The number of aromatic amines is 1. The van der Waals surface area contributed by atoms with Gasteiger partial charge in [-0.25, -0.2) is 4.98 Å². The molecule has 3 fully saturated rings. The number of likely N-dealkylation sites (tertiary alicyclic amines) is 1. The Hall–Kier alpha value is -1.08. The predicted octanol–water partition coefficient (Wildman–Crippen LogP) is 2.36. The number of fused-ring (bicyclic) bond motifs is 3. The van der Waals surface area contributed by atoms with Crippen molar-refractivity contribution in [2.75, 3.05) is 39.3 Å². The maximum atomic E-state index is 13.0. The Kier molecular flexibility index (Phi) is 6.68. The number of rotatable bonds is 3. The summed E-state index contributed by atoms with van der Waals surface area (Å²) in [4.78, 5) is 25.9. The van der Waals surface area contributed by atoms with Crippen LogP contribution in [0.1, 0.15) is 38.1 Å². The summed E-state index contributed by atoms with van der Waals surface area (Å²) in [7, 11) is 0. The monoisotopic (exact) mass is 441 g/mol. The molecule has 1 unspecified atom stereocenters. The van der Waals surface area contributed by atoms with Gasteiger partial charge < -0.3 is 15.2 Å². The third-order valence-corrected chi connectivity index (χ3v) is 7.40. The van der Waals surface area contributed by atoms with Gasteiger partial charge in [-0.3, -0.25) is 9.69 Å². The number of piperidine rings is 2. The van der Waals surface area contributed by atoms with E-state index in [2.05, 4.69) is 40.0 Å². The van der Waals surface area contributed by atoms with E-state index in [1.54, 1.807) is 0 Å². The quantitative estimate of drug-likeness (QED) is 0.706. The first-order valence-electron chi connectivity index (χ1n) is 10.5. The molecule has 6 nitrogen and oxygen atoms in total. The predicted molar refractivity (Wildman–Crippen MR) is 119 cm³/mol. The molecule has 3 atom stereocenters. The van der Waals surface area contributed by atoms with Crippen LogP contribution in [-0.2, 0) is 16.8 Å². The van der Waals surface area contributed by atoms with Crippen molar-refractivity contribution in [2.24, 2.45) is 17.8 Å². The van der Waals surface area contributed by atoms with Crippen molar-refractivity contribution in [3.05, 3.63) is 29.4 Å². The fourth-order valence-electron chi connectivity index (χ4n) is 5.73. The lowest BCUT2D eigenvalue weighted by molar-refractivity contribution is -0.136. The normalized spacial score (nSPS) is 29.3. The molecular weight excluding hydrogens is 409 g/mol. The van der Waals surface area contributed by atoms with E-state index in [9.17, 15) is 4.79 Å². The molecule has 0 bridgehead atoms. The lowest BCUT2D eigenvalue weighted by Gasteiger charge is -2.50. The van der Waals surface area contributed by atoms with Crippen LogP contribution in [0.2, 0.25) is 0 Å². The molecule has 3 aliphatic heterocycles. The van der Waals surface area contributed by atoms with Gasteiger partial charge in [0, 0.05) is 44.2 Å². The van der Waals surface area contributed by atoms with Gasteiger partial charge in [0.15, 0.2) is 0 Å². The van der Waals surface area contributed by atoms with E-state index >= 15 is 0 Å². The second-order valence-electron chi connectivity index (χ2n) is 9.08. The number of nitrogens with zero attached hydrogens (tertiary/aromatic N) is 3. The van der Waals surface area contributed by atoms with Crippen molar-refractivity contribution < 1.29 is 4.79 Å². The third kappa shape index (κ3) is 3.73. The van der Waals surface area contributed by atoms with Crippen LogP contribution in [0.25, 0.3) is 0 Å². The van der Waals surface area contributed by atoms with Crippen LogP contribution >= 0.6 is 24.8 Å². The molecule has 1 aromatic heterocycles. The van der Waals surface area contributed by atoms with Crippen LogP contribution in [-0.4, -0.2) is 64.9 Å². The third-order valence-electron chi connectivity index (χ3n) is 7.40. The van der Waals surface area contributed by atoms with E-state index < -0.39 is 0 Å². The minimum absolute atomic E-state index is 0. The maximum absolute atomic E-state index is 13.0. The Balaban J connectivity index is 0.00000120. The number of H-pyrrole nitrogens is 1. The Labute approximate surface area is 185 Å². The number of aromatic nitrogens is 2. The first-order valence-corrected chi connectivity index (χ1v) is 10.5. The molecule has 2 saturated heterocycles. The fourth-order valence-corrected chi connectivity index (χ4v) is 5.73. The van der Waals surface area contributed by atoms with Crippen molar-refractivity contribution in [3.63, 3.8) is 0 Å². The zero-order chi connectivity index (χ0) is 18.6. The Morgan fingerprint density at radius 1 is 1.21 bits per heavy atom. The maximum Gasteiger partial charge on any atom is 0.226 e. The molecule has 4 heterocycles. The number of carbonyl (C=O) groups is 1. The average molecular weight is 442 g/mol. The van der Waals surface area contributed by atoms with E-state index in [1.807, 2.05) is 6.33 Å². The van der Waals surface area contributed by atoms with Gasteiger partial charge in [0.1, 0.15) is 0 Å². The number of halogens is 2. The standard InChI is InChI=1S/C21H31N5O.2ClH/c1-14(2)3-7-26-8-4-17-19(24-13-23-17)21(26)5-9-25(10-6-21)20(27)18-15-11-22-12-16(15)18;;/h3,13,15-16,18,22H,4-12H2,1-2H3,(H,23,24);2*1H/t15-,16+,18?;;. The van der Waals surface area contributed by atoms with Gasteiger partial charge in [-0.05, 0) is 51.6 Å². The summed E-state index contributed by atoms with van der Waals surface area (Å²) in [6, 6.07) is 0. The summed E-state index contributed by atoms with van der Waals surface area (Å²) in [5.74, 6) is 1.93. The van der Waals surface area contributed by atoms with Crippen LogP contribution in [0.3, 0.4) is 0 Å². The smallest absolute Gasteiger partial charge is 0.226 e. The molecule has 1 saturated carbocycles. The van der Waals surface area contributed by atoms with Crippen molar-refractivity contribution in [2.45, 2.75) is 38.6 Å². The van der Waals surface area contributed by atoms with E-state index in [-0.39, 0.29) is 30.4 Å². The molecule has 1 aliphatic carbocycles. The van der Waals surface area contributed by atoms with E-state index in [0.29, 0.717) is 23.7 Å². The lowest BCUT2D eigenvalue weighted by atomic mass is 9.78. The van der Waals surface area contributed by atoms with E-state index in [4.69, 9.17) is 4.98 Å². The molecule has 1 aromatic rings. The molecule has 4 aliphatic rings. The van der Waals surface area contributed by atoms with Crippen molar-refractivity contribution in [1.29, 1.82) is 0 Å². The first-order chi connectivity index (χ1) is 13.1. The summed E-state index contributed by atoms with van der Waals surface area (Å²) in [5.41, 5.74) is 3.87. The highest BCUT2D eigenvalue weighted by Crippen LogP contribution is 2.50. The largest absolute Gasteiger partial charge is 0.348 e. The summed E-state index contributed by atoms with van der Waals surface area (Å²) in [5, 5.41) is 3.40. The van der Waals surface area contributed by atoms with Crippen LogP contribution in [0.5, 0.6) is 0 Å². The van der Waals surface area contributed by atoms with Gasteiger partial charge >= 0.3 is 0 Å². The minimum atomic E-state index is -0.0166. The van der Waals surface area contributed by atoms with E-state index in [1.165, 1.54) is 17.0 Å². The fraction of sp³-hybridized carbons (Fsp3) is 0.714. The highest BCUT2D eigenvalue weighted by molar-refractivity contribution is 5.85. The molecule has 1 spiro atoms. The molecule has 0 aromatic carbocycles. The van der Waals surface area contributed by atoms with Crippen LogP contribution in [0, 0.1) is 17.8 Å². The lowest BCUT2D eigenvalue weighted by Crippen LogP contribution is -2.57. The number of imidazole rings is 1. The number of hydrogen-bond acceptors (Lipinski definition) is 4. The van der Waals surface area contributed by atoms with E-state index in [0.717, 1.165) is 58.5 Å². The Bertz CT molecular complexity index is 757. The van der Waals surface area contributed by atoms with Crippen LogP contribution in [0.4, 0.5) is 0 Å². The summed E-state index contributed by atoms with van der Waals surface area (Å²) in [6.45, 7) is 10.2. The molecule has 5 rings (SSSR count). The SMILES string of the molecule is CC(C)=CCN1CCc2[nH]cnc2C12CCN(C(=O)C1[C@H]3CNC[C@@H]13)CC2.Cl.Cl. The summed E-state index contributed by atoms with van der Waals surface area (Å²) < 4.78 is 0. The van der Waals surface area contributed by atoms with Crippen molar-refractivity contribution in [1.82, 2.24) is 25.1 Å². The van der Waals surface area contributed by atoms with Crippen LogP contribution in [0.15, 0.2) is 18.0 Å². The highest BCUT2D eigenvalue weighted by Gasteiger charge is 2.58. The molecule has 0 radical (unpaired) electrons. The molecule has 1 amide bonds. The van der Waals surface area contributed by atoms with Crippen molar-refractivity contribution in [3.8, 4) is 0 Å². The highest BCUT2D eigenvalue weighted by atomic mass is 35.5. The number of hydrogen-bond donors (Lipinski definition) is 2. The second-order valence-corrected chi connectivity index (χ2v) is 9.08. The van der Waals surface area contributed by atoms with Gasteiger partial charge in [-0.2, -0.15) is 0 Å². The van der Waals surface area contributed by atoms with Gasteiger partial charge in [0.05, 0.1) is 17.6 Å².